The molecule has 20 heavy (non-hydrogen) atoms. The van der Waals surface area contributed by atoms with E-state index in [9.17, 15) is 4.79 Å². The largest absolute Gasteiger partial charge is 0.416 e. The zero-order chi connectivity index (χ0) is 14.7. The van der Waals surface area contributed by atoms with Crippen molar-refractivity contribution >= 4 is 29.0 Å². The van der Waals surface area contributed by atoms with E-state index in [4.69, 9.17) is 4.42 Å². The first kappa shape index (κ1) is 15.0. The Morgan fingerprint density at radius 2 is 2.25 bits per heavy atom. The lowest BCUT2D eigenvalue weighted by atomic mass is 10.3. The van der Waals surface area contributed by atoms with Crippen LogP contribution in [0.3, 0.4) is 0 Å². The SMILES string of the molecule is Cc1nc(Cc2nnc(S[C@@H](C)C(=O)N(C)C)o2)cs1. The van der Waals surface area contributed by atoms with Crippen molar-refractivity contribution in [1.29, 1.82) is 0 Å². The highest BCUT2D eigenvalue weighted by Gasteiger charge is 2.19. The van der Waals surface area contributed by atoms with E-state index in [1.54, 1.807) is 30.3 Å². The lowest BCUT2D eigenvalue weighted by molar-refractivity contribution is -0.127. The molecule has 0 saturated carbocycles. The fourth-order valence-electron chi connectivity index (χ4n) is 1.57. The Hall–Kier alpha value is -1.41. The van der Waals surface area contributed by atoms with Gasteiger partial charge in [-0.1, -0.05) is 11.8 Å². The van der Waals surface area contributed by atoms with E-state index in [1.807, 2.05) is 19.2 Å². The Bertz CT molecular complexity index is 594. The molecule has 2 rings (SSSR count). The van der Waals surface area contributed by atoms with E-state index in [2.05, 4.69) is 15.2 Å². The minimum Gasteiger partial charge on any atom is -0.416 e. The second kappa shape index (κ2) is 6.36. The predicted octanol–water partition coefficient (Wildman–Crippen LogP) is 1.99. The fourth-order valence-corrected chi connectivity index (χ4v) is 3.03. The number of carbonyl (C=O) groups excluding carboxylic acids is 1. The number of thioether (sulfide) groups is 1. The summed E-state index contributed by atoms with van der Waals surface area (Å²) in [6.45, 7) is 3.78. The summed E-state index contributed by atoms with van der Waals surface area (Å²) in [4.78, 5) is 17.7. The Balaban J connectivity index is 1.97. The zero-order valence-electron chi connectivity index (χ0n) is 11.8. The van der Waals surface area contributed by atoms with E-state index in [1.165, 1.54) is 11.8 Å². The molecule has 2 aromatic rings. The normalized spacial score (nSPS) is 12.4. The Morgan fingerprint density at radius 1 is 1.50 bits per heavy atom. The number of hydrogen-bond donors (Lipinski definition) is 0. The number of carbonyl (C=O) groups is 1. The number of thiazole rings is 1. The van der Waals surface area contributed by atoms with Gasteiger partial charge in [0.05, 0.1) is 22.4 Å². The third kappa shape index (κ3) is 3.80. The van der Waals surface area contributed by atoms with Gasteiger partial charge in [-0.25, -0.2) is 4.98 Å². The van der Waals surface area contributed by atoms with Crippen molar-refractivity contribution in [2.45, 2.75) is 30.7 Å². The van der Waals surface area contributed by atoms with E-state index in [0.29, 0.717) is 17.5 Å². The van der Waals surface area contributed by atoms with Gasteiger partial charge >= 0.3 is 0 Å². The number of aryl methyl sites for hydroxylation is 1. The van der Waals surface area contributed by atoms with Crippen LogP contribution in [0.4, 0.5) is 0 Å². The van der Waals surface area contributed by atoms with Crippen molar-refractivity contribution < 1.29 is 9.21 Å². The third-order valence-electron chi connectivity index (χ3n) is 2.51. The Morgan fingerprint density at radius 3 is 2.85 bits per heavy atom. The van der Waals surface area contributed by atoms with E-state index in [0.717, 1.165) is 10.7 Å². The van der Waals surface area contributed by atoms with Gasteiger partial charge < -0.3 is 9.32 Å². The van der Waals surface area contributed by atoms with Gasteiger partial charge in [0.1, 0.15) is 0 Å². The summed E-state index contributed by atoms with van der Waals surface area (Å²) in [5.74, 6) is 0.534. The number of rotatable bonds is 5. The highest BCUT2D eigenvalue weighted by atomic mass is 32.2. The lowest BCUT2D eigenvalue weighted by Gasteiger charge is -2.14. The zero-order valence-corrected chi connectivity index (χ0v) is 13.4. The van der Waals surface area contributed by atoms with E-state index >= 15 is 0 Å². The smallest absolute Gasteiger partial charge is 0.277 e. The van der Waals surface area contributed by atoms with Crippen LogP contribution in [-0.2, 0) is 11.2 Å². The molecule has 0 aliphatic heterocycles. The summed E-state index contributed by atoms with van der Waals surface area (Å²) >= 11 is 2.86. The molecule has 0 fully saturated rings. The van der Waals surface area contributed by atoms with Crippen LogP contribution in [0.1, 0.15) is 23.5 Å². The molecule has 0 aliphatic carbocycles. The molecule has 2 aromatic heterocycles. The highest BCUT2D eigenvalue weighted by Crippen LogP contribution is 2.23. The van der Waals surface area contributed by atoms with E-state index in [-0.39, 0.29) is 11.2 Å². The van der Waals surface area contributed by atoms with Crippen molar-refractivity contribution in [3.8, 4) is 0 Å². The van der Waals surface area contributed by atoms with Crippen LogP contribution < -0.4 is 0 Å². The molecule has 0 N–H and O–H groups in total. The van der Waals surface area contributed by atoms with Gasteiger partial charge in [-0.15, -0.1) is 21.5 Å². The summed E-state index contributed by atoms with van der Waals surface area (Å²) in [6.07, 6.45) is 0.522. The highest BCUT2D eigenvalue weighted by molar-refractivity contribution is 8.00. The topological polar surface area (TPSA) is 72.1 Å². The molecule has 2 heterocycles. The minimum atomic E-state index is -0.250. The van der Waals surface area contributed by atoms with Gasteiger partial charge in [0.15, 0.2) is 0 Å². The monoisotopic (exact) mass is 312 g/mol. The van der Waals surface area contributed by atoms with E-state index < -0.39 is 0 Å². The van der Waals surface area contributed by atoms with Crippen LogP contribution in [0.15, 0.2) is 15.0 Å². The molecular weight excluding hydrogens is 296 g/mol. The molecule has 1 atom stereocenters. The van der Waals surface area contributed by atoms with Crippen LogP contribution in [0.5, 0.6) is 0 Å². The van der Waals surface area contributed by atoms with Crippen LogP contribution in [-0.4, -0.2) is 45.3 Å². The third-order valence-corrected chi connectivity index (χ3v) is 4.26. The molecule has 1 amide bonds. The maximum atomic E-state index is 11.8. The molecule has 0 bridgehead atoms. The minimum absolute atomic E-state index is 0.0184. The molecule has 108 valence electrons. The summed E-state index contributed by atoms with van der Waals surface area (Å²) in [5.41, 5.74) is 0.921. The first-order chi connectivity index (χ1) is 9.45. The molecule has 0 spiro atoms. The molecule has 0 saturated heterocycles. The molecule has 0 unspecified atom stereocenters. The van der Waals surface area contributed by atoms with Gasteiger partial charge in [0.2, 0.25) is 11.8 Å². The van der Waals surface area contributed by atoms with Crippen molar-refractivity contribution in [2.75, 3.05) is 14.1 Å². The number of nitrogens with zero attached hydrogens (tertiary/aromatic N) is 4. The average Bonchev–Trinajstić information content (AvgIpc) is 2.98. The van der Waals surface area contributed by atoms with Crippen molar-refractivity contribution in [1.82, 2.24) is 20.1 Å². The van der Waals surface area contributed by atoms with Crippen LogP contribution >= 0.6 is 23.1 Å². The first-order valence-corrected chi connectivity index (χ1v) is 7.83. The quantitative estimate of drug-likeness (QED) is 0.786. The fraction of sp³-hybridized carbons (Fsp3) is 0.500. The Kier molecular flexibility index (Phi) is 4.77. The number of aromatic nitrogens is 3. The lowest BCUT2D eigenvalue weighted by Crippen LogP contribution is -2.29. The standard InChI is InChI=1S/C12H16N4O2S2/c1-7(11(17)16(3)4)20-12-15-14-10(18-12)5-9-6-19-8(2)13-9/h6-7H,5H2,1-4H3/t7-/m0/s1. The summed E-state index contributed by atoms with van der Waals surface area (Å²) in [5, 5.41) is 11.1. The predicted molar refractivity (Wildman–Crippen MR) is 78.0 cm³/mol. The van der Waals surface area contributed by atoms with Crippen LogP contribution in [0.25, 0.3) is 0 Å². The molecule has 8 heteroatoms. The maximum Gasteiger partial charge on any atom is 0.277 e. The summed E-state index contributed by atoms with van der Waals surface area (Å²) in [7, 11) is 3.45. The molecule has 0 radical (unpaired) electrons. The first-order valence-electron chi connectivity index (χ1n) is 6.07. The van der Waals surface area contributed by atoms with Crippen LogP contribution in [0, 0.1) is 6.92 Å². The number of amides is 1. The van der Waals surface area contributed by atoms with Gasteiger partial charge in [-0.2, -0.15) is 0 Å². The summed E-state index contributed by atoms with van der Waals surface area (Å²) < 4.78 is 5.53. The van der Waals surface area contributed by atoms with Gasteiger partial charge in [0.25, 0.3) is 5.22 Å². The second-order valence-corrected chi connectivity index (χ2v) is 6.84. The average molecular weight is 312 g/mol. The maximum absolute atomic E-state index is 11.8. The van der Waals surface area contributed by atoms with Crippen LogP contribution in [0.2, 0.25) is 0 Å². The molecular formula is C12H16N4O2S2. The van der Waals surface area contributed by atoms with Gasteiger partial charge in [-0.05, 0) is 13.8 Å². The molecule has 0 aliphatic rings. The van der Waals surface area contributed by atoms with Crippen molar-refractivity contribution in [2.24, 2.45) is 0 Å². The van der Waals surface area contributed by atoms with Gasteiger partial charge in [-0.3, -0.25) is 4.79 Å². The van der Waals surface area contributed by atoms with Gasteiger partial charge in [0, 0.05) is 19.5 Å². The second-order valence-electron chi connectivity index (χ2n) is 4.49. The number of hydrogen-bond acceptors (Lipinski definition) is 7. The molecule has 6 nitrogen and oxygen atoms in total. The van der Waals surface area contributed by atoms with Crippen molar-refractivity contribution in [3.05, 3.63) is 22.0 Å². The Labute approximate surface area is 125 Å². The molecule has 0 aromatic carbocycles. The van der Waals surface area contributed by atoms with Crippen molar-refractivity contribution in [3.63, 3.8) is 0 Å². The summed E-state index contributed by atoms with van der Waals surface area (Å²) in [6, 6.07) is 0.